The minimum Gasteiger partial charge on any atom is -0.345 e. The van der Waals surface area contributed by atoms with Crippen LogP contribution in [0.1, 0.15) is 64.6 Å². The van der Waals surface area contributed by atoms with E-state index in [0.717, 1.165) is 48.3 Å². The maximum atomic E-state index is 12.7. The zero-order chi connectivity index (χ0) is 19.9. The summed E-state index contributed by atoms with van der Waals surface area (Å²) < 4.78 is 30.4. The summed E-state index contributed by atoms with van der Waals surface area (Å²) in [5.41, 5.74) is 2.47. The highest BCUT2D eigenvalue weighted by Crippen LogP contribution is 2.41. The van der Waals surface area contributed by atoms with Crippen molar-refractivity contribution in [2.45, 2.75) is 70.1 Å². The van der Waals surface area contributed by atoms with Gasteiger partial charge in [-0.3, -0.25) is 4.40 Å². The molecule has 152 valence electrons. The quantitative estimate of drug-likeness (QED) is 0.630. The van der Waals surface area contributed by atoms with Crippen LogP contribution in [0.2, 0.25) is 0 Å². The van der Waals surface area contributed by atoms with Crippen molar-refractivity contribution in [3.8, 4) is 0 Å². The van der Waals surface area contributed by atoms with E-state index in [9.17, 15) is 8.42 Å². The van der Waals surface area contributed by atoms with E-state index in [1.165, 1.54) is 0 Å². The molecule has 3 aromatic heterocycles. The van der Waals surface area contributed by atoms with Crippen molar-refractivity contribution in [3.05, 3.63) is 24.3 Å². The second kappa shape index (κ2) is 7.44. The molecule has 9 heteroatoms. The molecule has 0 bridgehead atoms. The minimum absolute atomic E-state index is 0.0600. The molecule has 0 radical (unpaired) electrons. The van der Waals surface area contributed by atoms with Gasteiger partial charge in [0, 0.05) is 18.2 Å². The largest absolute Gasteiger partial charge is 0.345 e. The summed E-state index contributed by atoms with van der Waals surface area (Å²) in [6.45, 7) is 5.96. The summed E-state index contributed by atoms with van der Waals surface area (Å²) in [4.78, 5) is 7.51. The zero-order valence-electron chi connectivity index (χ0n) is 16.6. The Bertz CT molecular complexity index is 1070. The van der Waals surface area contributed by atoms with E-state index in [0.29, 0.717) is 12.3 Å². The molecule has 0 aliphatic heterocycles. The van der Waals surface area contributed by atoms with Gasteiger partial charge in [-0.15, -0.1) is 10.2 Å². The van der Waals surface area contributed by atoms with E-state index in [1.54, 1.807) is 13.1 Å². The Kier molecular flexibility index (Phi) is 5.13. The van der Waals surface area contributed by atoms with Gasteiger partial charge in [-0.1, -0.05) is 26.7 Å². The predicted octanol–water partition coefficient (Wildman–Crippen LogP) is 2.99. The summed E-state index contributed by atoms with van der Waals surface area (Å²) in [7, 11) is -3.31. The van der Waals surface area contributed by atoms with Crippen molar-refractivity contribution in [1.29, 1.82) is 0 Å². The van der Waals surface area contributed by atoms with Gasteiger partial charge in [-0.05, 0) is 38.2 Å². The molecule has 0 amide bonds. The normalized spacial score (nSPS) is 24.3. The second-order valence-corrected chi connectivity index (χ2v) is 10.1. The van der Waals surface area contributed by atoms with Gasteiger partial charge >= 0.3 is 0 Å². The smallest absolute Gasteiger partial charge is 0.214 e. The fourth-order valence-corrected chi connectivity index (χ4v) is 5.97. The number of sulfonamides is 1. The van der Waals surface area contributed by atoms with Crippen LogP contribution in [-0.2, 0) is 10.0 Å². The Balaban J connectivity index is 1.64. The van der Waals surface area contributed by atoms with Gasteiger partial charge in [0.15, 0.2) is 11.3 Å². The first-order chi connectivity index (χ1) is 13.4. The first-order valence-corrected chi connectivity index (χ1v) is 11.7. The first kappa shape index (κ1) is 19.3. The van der Waals surface area contributed by atoms with E-state index in [2.05, 4.69) is 36.2 Å². The third-order valence-corrected chi connectivity index (χ3v) is 8.03. The fourth-order valence-electron chi connectivity index (χ4n) is 4.54. The third kappa shape index (κ3) is 3.30. The molecule has 8 nitrogen and oxygen atoms in total. The number of nitrogens with zero attached hydrogens (tertiary/aromatic N) is 4. The molecule has 28 heavy (non-hydrogen) atoms. The van der Waals surface area contributed by atoms with Crippen molar-refractivity contribution in [3.63, 3.8) is 0 Å². The molecular formula is C19H28N6O2S. The monoisotopic (exact) mass is 404 g/mol. The summed E-state index contributed by atoms with van der Waals surface area (Å²) >= 11 is 0. The van der Waals surface area contributed by atoms with Crippen LogP contribution in [0.4, 0.5) is 0 Å². The number of aromatic nitrogens is 5. The van der Waals surface area contributed by atoms with Crippen LogP contribution in [0, 0.1) is 5.92 Å². The van der Waals surface area contributed by atoms with Gasteiger partial charge in [0.2, 0.25) is 10.0 Å². The van der Waals surface area contributed by atoms with Crippen LogP contribution in [0.3, 0.4) is 0 Å². The van der Waals surface area contributed by atoms with Crippen LogP contribution in [0.15, 0.2) is 18.5 Å². The Labute approximate surface area is 165 Å². The summed E-state index contributed by atoms with van der Waals surface area (Å²) in [6, 6.07) is 1.92. The minimum atomic E-state index is -3.31. The Morgan fingerprint density at radius 1 is 1.32 bits per heavy atom. The first-order valence-electron chi connectivity index (χ1n) is 10.1. The maximum absolute atomic E-state index is 12.7. The average Bonchev–Trinajstić information content (AvgIpc) is 3.37. The van der Waals surface area contributed by atoms with Crippen molar-refractivity contribution >= 4 is 26.8 Å². The zero-order valence-corrected chi connectivity index (χ0v) is 17.4. The average molecular weight is 405 g/mol. The molecule has 3 heterocycles. The SMILES string of the molecule is CCCC(C)S(=O)(=O)NC1CC(CC)C(c2nnc3cnc4[nH]ccc4n23)C1. The van der Waals surface area contributed by atoms with Crippen LogP contribution in [0.25, 0.3) is 16.8 Å². The molecule has 0 saturated heterocycles. The molecule has 4 unspecified atom stereocenters. The number of aromatic amines is 1. The molecule has 1 fully saturated rings. The Morgan fingerprint density at radius 2 is 2.14 bits per heavy atom. The van der Waals surface area contributed by atoms with E-state index in [1.807, 2.05) is 19.2 Å². The molecular weight excluding hydrogens is 376 g/mol. The van der Waals surface area contributed by atoms with E-state index in [-0.39, 0.29) is 17.2 Å². The fraction of sp³-hybridized carbons (Fsp3) is 0.632. The van der Waals surface area contributed by atoms with Gasteiger partial charge in [0.05, 0.1) is 17.0 Å². The predicted molar refractivity (Wildman–Crippen MR) is 109 cm³/mol. The molecule has 1 aliphatic carbocycles. The van der Waals surface area contributed by atoms with Gasteiger partial charge in [0.25, 0.3) is 0 Å². The molecule has 3 aromatic rings. The molecule has 0 spiro atoms. The Hall–Kier alpha value is -2.00. The van der Waals surface area contributed by atoms with E-state index >= 15 is 0 Å². The lowest BCUT2D eigenvalue weighted by molar-refractivity contribution is 0.449. The van der Waals surface area contributed by atoms with E-state index in [4.69, 9.17) is 0 Å². The lowest BCUT2D eigenvalue weighted by Crippen LogP contribution is -2.38. The lowest BCUT2D eigenvalue weighted by atomic mass is 9.93. The molecule has 1 aliphatic rings. The number of nitrogens with one attached hydrogen (secondary N) is 2. The highest BCUT2D eigenvalue weighted by Gasteiger charge is 2.39. The highest BCUT2D eigenvalue weighted by molar-refractivity contribution is 7.90. The van der Waals surface area contributed by atoms with Crippen molar-refractivity contribution in [2.24, 2.45) is 5.92 Å². The number of hydrogen-bond donors (Lipinski definition) is 2. The van der Waals surface area contributed by atoms with Crippen molar-refractivity contribution in [2.75, 3.05) is 0 Å². The second-order valence-electron chi connectivity index (χ2n) is 7.93. The Morgan fingerprint density at radius 3 is 2.89 bits per heavy atom. The van der Waals surface area contributed by atoms with Gasteiger partial charge in [0.1, 0.15) is 5.82 Å². The molecule has 2 N–H and O–H groups in total. The van der Waals surface area contributed by atoms with E-state index < -0.39 is 10.0 Å². The van der Waals surface area contributed by atoms with Crippen molar-refractivity contribution in [1.82, 2.24) is 29.3 Å². The van der Waals surface area contributed by atoms with Crippen molar-refractivity contribution < 1.29 is 8.42 Å². The summed E-state index contributed by atoms with van der Waals surface area (Å²) in [6.07, 6.45) is 7.66. The lowest BCUT2D eigenvalue weighted by Gasteiger charge is -2.17. The number of rotatable bonds is 7. The number of H-pyrrole nitrogens is 1. The van der Waals surface area contributed by atoms with Gasteiger partial charge < -0.3 is 4.98 Å². The molecule has 0 aromatic carbocycles. The van der Waals surface area contributed by atoms with Crippen LogP contribution in [-0.4, -0.2) is 44.3 Å². The summed E-state index contributed by atoms with van der Waals surface area (Å²) in [5, 5.41) is 8.43. The summed E-state index contributed by atoms with van der Waals surface area (Å²) in [5.74, 6) is 1.43. The van der Waals surface area contributed by atoms with Gasteiger partial charge in [-0.2, -0.15) is 0 Å². The molecule has 4 atom stereocenters. The van der Waals surface area contributed by atoms with Crippen LogP contribution >= 0.6 is 0 Å². The number of fused-ring (bicyclic) bond motifs is 3. The molecule has 4 rings (SSSR count). The van der Waals surface area contributed by atoms with Gasteiger partial charge in [-0.25, -0.2) is 18.1 Å². The highest BCUT2D eigenvalue weighted by atomic mass is 32.2. The maximum Gasteiger partial charge on any atom is 0.214 e. The van der Waals surface area contributed by atoms with Crippen LogP contribution in [0.5, 0.6) is 0 Å². The molecule has 1 saturated carbocycles. The number of hydrogen-bond acceptors (Lipinski definition) is 5. The van der Waals surface area contributed by atoms with Crippen LogP contribution < -0.4 is 4.72 Å². The topological polar surface area (TPSA) is 105 Å². The standard InChI is InChI=1S/C19H28N6O2S/c1-4-6-12(3)28(26,27)24-14-9-13(5-2)15(10-14)19-23-22-17-11-21-18-16(25(17)19)7-8-20-18/h7-8,11-15,20,24H,4-6,9-10H2,1-3H3. The third-order valence-electron chi connectivity index (χ3n) is 6.07.